The van der Waals surface area contributed by atoms with E-state index in [9.17, 15) is 4.79 Å². The van der Waals surface area contributed by atoms with Gasteiger partial charge in [0.2, 0.25) is 0 Å². The molecule has 6 nitrogen and oxygen atoms in total. The fraction of sp³-hybridized carbons (Fsp3) is 0.0952. The van der Waals surface area contributed by atoms with Gasteiger partial charge in [-0.1, -0.05) is 30.3 Å². The highest BCUT2D eigenvalue weighted by Gasteiger charge is 2.33. The van der Waals surface area contributed by atoms with E-state index in [0.717, 1.165) is 22.5 Å². The second kappa shape index (κ2) is 6.57. The number of rotatable bonds is 3. The molecular formula is C21H19N5O. The molecule has 2 aliphatic heterocycles. The van der Waals surface area contributed by atoms with Crippen LogP contribution in [0.4, 0.5) is 5.69 Å². The number of anilines is 1. The molecule has 1 amide bonds. The molecule has 27 heavy (non-hydrogen) atoms. The summed E-state index contributed by atoms with van der Waals surface area (Å²) in [6.45, 7) is 1.99. The number of hydrogen-bond acceptors (Lipinski definition) is 5. The third-order valence-corrected chi connectivity index (χ3v) is 4.63. The molecule has 0 bridgehead atoms. The smallest absolute Gasteiger partial charge is 0.255 e. The SMILES string of the molecule is CC12C=C(c3ccc(NC(=O)c4ccccc4)cc3)NC=C1C(N)=NC=N2. The number of benzene rings is 2. The van der Waals surface area contributed by atoms with Crippen molar-refractivity contribution in [3.05, 3.63) is 83.6 Å². The van der Waals surface area contributed by atoms with Gasteiger partial charge in [0.25, 0.3) is 5.91 Å². The lowest BCUT2D eigenvalue weighted by atomic mass is 9.87. The summed E-state index contributed by atoms with van der Waals surface area (Å²) in [4.78, 5) is 20.8. The number of aliphatic imine (C=N–C) groups is 2. The number of amides is 1. The molecule has 134 valence electrons. The molecule has 2 aromatic carbocycles. The van der Waals surface area contributed by atoms with E-state index in [2.05, 4.69) is 20.6 Å². The minimum absolute atomic E-state index is 0.134. The molecule has 0 saturated heterocycles. The van der Waals surface area contributed by atoms with E-state index in [1.165, 1.54) is 6.34 Å². The van der Waals surface area contributed by atoms with Crippen molar-refractivity contribution >= 4 is 29.5 Å². The standard InChI is InChI=1S/C21H19N5O/c1-21-11-18(23-12-17(21)19(22)24-13-25-21)14-7-9-16(10-8-14)26-20(27)15-5-3-2-4-6-15/h2-13,23H,1H3,(H,26,27)(H2,22,24,25). The first-order valence-corrected chi connectivity index (χ1v) is 8.59. The fourth-order valence-electron chi connectivity index (χ4n) is 3.11. The van der Waals surface area contributed by atoms with E-state index in [0.29, 0.717) is 11.4 Å². The number of nitrogens with two attached hydrogens (primary N) is 1. The summed E-state index contributed by atoms with van der Waals surface area (Å²) in [6, 6.07) is 16.8. The molecule has 4 N–H and O–H groups in total. The number of fused-ring (bicyclic) bond motifs is 1. The van der Waals surface area contributed by atoms with Crippen LogP contribution in [-0.2, 0) is 0 Å². The fourth-order valence-corrected chi connectivity index (χ4v) is 3.11. The summed E-state index contributed by atoms with van der Waals surface area (Å²) in [5.74, 6) is 0.332. The average Bonchev–Trinajstić information content (AvgIpc) is 2.68. The van der Waals surface area contributed by atoms with E-state index in [1.807, 2.05) is 61.7 Å². The minimum Gasteiger partial charge on any atom is -0.383 e. The number of hydrogen-bond donors (Lipinski definition) is 3. The Hall–Kier alpha value is -3.67. The quantitative estimate of drug-likeness (QED) is 0.789. The first-order chi connectivity index (χ1) is 13.0. The molecule has 0 fully saturated rings. The Morgan fingerprint density at radius 2 is 1.85 bits per heavy atom. The van der Waals surface area contributed by atoms with E-state index in [1.54, 1.807) is 12.1 Å². The van der Waals surface area contributed by atoms with Crippen LogP contribution in [0.1, 0.15) is 22.8 Å². The highest BCUT2D eigenvalue weighted by Crippen LogP contribution is 2.32. The Kier molecular flexibility index (Phi) is 4.08. The van der Waals surface area contributed by atoms with Crippen LogP contribution in [0.2, 0.25) is 0 Å². The number of nitrogens with one attached hydrogen (secondary N) is 2. The average molecular weight is 357 g/mol. The zero-order chi connectivity index (χ0) is 18.9. The van der Waals surface area contributed by atoms with Crippen LogP contribution in [0.5, 0.6) is 0 Å². The zero-order valence-corrected chi connectivity index (χ0v) is 14.8. The van der Waals surface area contributed by atoms with Crippen molar-refractivity contribution in [2.24, 2.45) is 15.7 Å². The second-order valence-electron chi connectivity index (χ2n) is 6.56. The molecule has 0 spiro atoms. The molecule has 0 radical (unpaired) electrons. The zero-order valence-electron chi connectivity index (χ0n) is 14.8. The number of dihydropyridines is 1. The van der Waals surface area contributed by atoms with Gasteiger partial charge in [0.05, 0.1) is 0 Å². The molecule has 2 aliphatic rings. The highest BCUT2D eigenvalue weighted by molar-refractivity contribution is 6.06. The molecule has 0 saturated carbocycles. The summed E-state index contributed by atoms with van der Waals surface area (Å²) in [6.07, 6.45) is 5.36. The van der Waals surface area contributed by atoms with Crippen LogP contribution in [0.25, 0.3) is 5.70 Å². The summed E-state index contributed by atoms with van der Waals surface area (Å²) < 4.78 is 0. The molecule has 2 heterocycles. The van der Waals surface area contributed by atoms with Gasteiger partial charge in [-0.3, -0.25) is 9.79 Å². The largest absolute Gasteiger partial charge is 0.383 e. The Morgan fingerprint density at radius 3 is 2.59 bits per heavy atom. The third kappa shape index (κ3) is 3.25. The Balaban J connectivity index is 1.52. The third-order valence-electron chi connectivity index (χ3n) is 4.63. The van der Waals surface area contributed by atoms with E-state index < -0.39 is 5.54 Å². The van der Waals surface area contributed by atoms with Gasteiger partial charge in [-0.2, -0.15) is 0 Å². The number of carbonyl (C=O) groups is 1. The number of carbonyl (C=O) groups excluding carboxylic acids is 1. The number of amidine groups is 1. The summed E-state index contributed by atoms with van der Waals surface area (Å²) in [7, 11) is 0. The van der Waals surface area contributed by atoms with Crippen molar-refractivity contribution in [2.45, 2.75) is 12.5 Å². The first-order valence-electron chi connectivity index (χ1n) is 8.59. The Bertz CT molecular complexity index is 1000. The summed E-state index contributed by atoms with van der Waals surface area (Å²) in [5.41, 5.74) is 9.54. The lowest BCUT2D eigenvalue weighted by molar-refractivity contribution is 0.102. The van der Waals surface area contributed by atoms with Crippen molar-refractivity contribution < 1.29 is 4.79 Å². The first kappa shape index (κ1) is 16.8. The van der Waals surface area contributed by atoms with Crippen LogP contribution in [0.3, 0.4) is 0 Å². The van der Waals surface area contributed by atoms with Crippen molar-refractivity contribution in [2.75, 3.05) is 5.32 Å². The maximum absolute atomic E-state index is 12.2. The molecule has 0 aliphatic carbocycles. The molecule has 2 aromatic rings. The maximum Gasteiger partial charge on any atom is 0.255 e. The van der Waals surface area contributed by atoms with Crippen molar-refractivity contribution in [1.82, 2.24) is 5.32 Å². The molecule has 0 aromatic heterocycles. The topological polar surface area (TPSA) is 91.9 Å². The summed E-state index contributed by atoms with van der Waals surface area (Å²) in [5, 5.41) is 6.15. The molecule has 1 atom stereocenters. The Labute approximate surface area is 157 Å². The van der Waals surface area contributed by atoms with Crippen LogP contribution in [0.15, 0.2) is 82.4 Å². The highest BCUT2D eigenvalue weighted by atomic mass is 16.1. The lowest BCUT2D eigenvalue weighted by Crippen LogP contribution is -2.38. The minimum atomic E-state index is -0.535. The molecular weight excluding hydrogens is 338 g/mol. The van der Waals surface area contributed by atoms with E-state index in [-0.39, 0.29) is 5.91 Å². The van der Waals surface area contributed by atoms with E-state index in [4.69, 9.17) is 5.73 Å². The predicted molar refractivity (Wildman–Crippen MR) is 109 cm³/mol. The summed E-state index contributed by atoms with van der Waals surface area (Å²) >= 11 is 0. The molecule has 6 heteroatoms. The van der Waals surface area contributed by atoms with Gasteiger partial charge in [-0.25, -0.2) is 4.99 Å². The van der Waals surface area contributed by atoms with Crippen LogP contribution in [0, 0.1) is 0 Å². The molecule has 4 rings (SSSR count). The van der Waals surface area contributed by atoms with Gasteiger partial charge in [-0.15, -0.1) is 0 Å². The number of nitrogens with zero attached hydrogens (tertiary/aromatic N) is 2. The van der Waals surface area contributed by atoms with Crippen molar-refractivity contribution in [3.8, 4) is 0 Å². The van der Waals surface area contributed by atoms with Gasteiger partial charge < -0.3 is 16.4 Å². The monoisotopic (exact) mass is 357 g/mol. The van der Waals surface area contributed by atoms with Crippen molar-refractivity contribution in [1.29, 1.82) is 0 Å². The van der Waals surface area contributed by atoms with Crippen LogP contribution >= 0.6 is 0 Å². The second-order valence-corrected chi connectivity index (χ2v) is 6.56. The van der Waals surface area contributed by atoms with Crippen molar-refractivity contribution in [3.63, 3.8) is 0 Å². The van der Waals surface area contributed by atoms with Gasteiger partial charge in [0.1, 0.15) is 17.7 Å². The lowest BCUT2D eigenvalue weighted by Gasteiger charge is -2.31. The predicted octanol–water partition coefficient (Wildman–Crippen LogP) is 2.92. The van der Waals surface area contributed by atoms with E-state index >= 15 is 0 Å². The van der Waals surface area contributed by atoms with Gasteiger partial charge in [0.15, 0.2) is 0 Å². The van der Waals surface area contributed by atoms with Crippen LogP contribution in [-0.4, -0.2) is 23.6 Å². The van der Waals surface area contributed by atoms with Crippen LogP contribution < -0.4 is 16.4 Å². The Morgan fingerprint density at radius 1 is 1.11 bits per heavy atom. The normalized spacial score (nSPS) is 20.6. The molecule has 1 unspecified atom stereocenters. The maximum atomic E-state index is 12.2. The van der Waals surface area contributed by atoms with Gasteiger partial charge in [0, 0.05) is 28.7 Å². The van der Waals surface area contributed by atoms with Gasteiger partial charge >= 0.3 is 0 Å². The van der Waals surface area contributed by atoms with Gasteiger partial charge in [-0.05, 0) is 42.8 Å².